The van der Waals surface area contributed by atoms with E-state index in [0.717, 1.165) is 16.5 Å². The van der Waals surface area contributed by atoms with Gasteiger partial charge < -0.3 is 4.98 Å². The van der Waals surface area contributed by atoms with Crippen molar-refractivity contribution in [2.45, 2.75) is 12.8 Å². The summed E-state index contributed by atoms with van der Waals surface area (Å²) < 4.78 is 0. The van der Waals surface area contributed by atoms with E-state index in [-0.39, 0.29) is 11.4 Å². The van der Waals surface area contributed by atoms with Crippen molar-refractivity contribution in [3.63, 3.8) is 0 Å². The number of halogens is 2. The van der Waals surface area contributed by atoms with Crippen LogP contribution in [0.4, 0.5) is 0 Å². The van der Waals surface area contributed by atoms with Crippen molar-refractivity contribution in [1.82, 2.24) is 4.98 Å². The molecule has 2 rings (SSSR count). The monoisotopic (exact) mass is 241 g/mol. The van der Waals surface area contributed by atoms with Gasteiger partial charge in [0.15, 0.2) is 0 Å². The molecule has 0 bridgehead atoms. The fourth-order valence-corrected chi connectivity index (χ4v) is 1.85. The Labute approximate surface area is 96.8 Å². The molecule has 15 heavy (non-hydrogen) atoms. The van der Waals surface area contributed by atoms with Gasteiger partial charge in [0.1, 0.15) is 0 Å². The smallest absolute Gasteiger partial charge is 0.252 e. The second-order valence-corrected chi connectivity index (χ2v) is 4.12. The summed E-state index contributed by atoms with van der Waals surface area (Å²) >= 11 is 11.6. The van der Waals surface area contributed by atoms with E-state index in [0.29, 0.717) is 10.6 Å². The van der Waals surface area contributed by atoms with Crippen LogP contribution in [0.25, 0.3) is 10.9 Å². The molecule has 1 N–H and O–H groups in total. The minimum Gasteiger partial charge on any atom is -0.322 e. The summed E-state index contributed by atoms with van der Waals surface area (Å²) in [5, 5.41) is 1.60. The lowest BCUT2D eigenvalue weighted by Gasteiger charge is -2.03. The third-order valence-corrected chi connectivity index (χ3v) is 3.04. The van der Waals surface area contributed by atoms with Gasteiger partial charge in [0, 0.05) is 16.1 Å². The van der Waals surface area contributed by atoms with Crippen molar-refractivity contribution in [1.29, 1.82) is 0 Å². The van der Waals surface area contributed by atoms with Crippen LogP contribution in [0.3, 0.4) is 0 Å². The predicted octanol–water partition coefficient (Wildman–Crippen LogP) is 3.23. The Morgan fingerprint density at radius 1 is 1.33 bits per heavy atom. The Kier molecular flexibility index (Phi) is 2.72. The second-order valence-electron chi connectivity index (χ2n) is 3.45. The Hall–Kier alpha value is -0.990. The Morgan fingerprint density at radius 2 is 2.07 bits per heavy atom. The van der Waals surface area contributed by atoms with E-state index in [2.05, 4.69) is 4.98 Å². The lowest BCUT2D eigenvalue weighted by molar-refractivity contribution is 1.21. The van der Waals surface area contributed by atoms with Crippen LogP contribution < -0.4 is 5.56 Å². The highest BCUT2D eigenvalue weighted by Crippen LogP contribution is 2.21. The third-order valence-electron chi connectivity index (χ3n) is 2.34. The maximum atomic E-state index is 11.5. The number of hydrogen-bond donors (Lipinski definition) is 1. The first kappa shape index (κ1) is 10.5. The second kappa shape index (κ2) is 3.87. The van der Waals surface area contributed by atoms with Crippen molar-refractivity contribution < 1.29 is 0 Å². The normalized spacial score (nSPS) is 10.9. The van der Waals surface area contributed by atoms with Crippen molar-refractivity contribution in [2.24, 2.45) is 0 Å². The SMILES string of the molecule is Cc1cc2cc(CCl)c(=O)[nH]c2cc1Cl. The number of alkyl halides is 1. The standard InChI is InChI=1S/C11H9Cl2NO/c1-6-2-7-3-8(5-12)11(15)14-10(7)4-9(6)13/h2-4H,5H2,1H3,(H,14,15). The molecule has 0 aliphatic heterocycles. The topological polar surface area (TPSA) is 32.9 Å². The molecule has 4 heteroatoms. The number of aromatic amines is 1. The molecule has 0 unspecified atom stereocenters. The molecule has 2 aromatic rings. The van der Waals surface area contributed by atoms with Gasteiger partial charge in [-0.25, -0.2) is 0 Å². The molecule has 78 valence electrons. The highest BCUT2D eigenvalue weighted by Gasteiger charge is 2.04. The number of fused-ring (bicyclic) bond motifs is 1. The molecular formula is C11H9Cl2NO. The van der Waals surface area contributed by atoms with Gasteiger partial charge in [-0.2, -0.15) is 0 Å². The third kappa shape index (κ3) is 1.87. The summed E-state index contributed by atoms with van der Waals surface area (Å²) in [6.45, 7) is 1.92. The Bertz CT molecular complexity index is 575. The molecule has 0 saturated carbocycles. The number of hydrogen-bond acceptors (Lipinski definition) is 1. The molecule has 0 amide bonds. The molecule has 0 fully saturated rings. The molecule has 2 nitrogen and oxygen atoms in total. The fraction of sp³-hybridized carbons (Fsp3) is 0.182. The molecule has 1 aromatic heterocycles. The number of rotatable bonds is 1. The molecule has 0 spiro atoms. The Balaban J connectivity index is 2.82. The van der Waals surface area contributed by atoms with Crippen LogP contribution in [0.5, 0.6) is 0 Å². The molecule has 0 aliphatic rings. The van der Waals surface area contributed by atoms with Gasteiger partial charge >= 0.3 is 0 Å². The zero-order valence-corrected chi connectivity index (χ0v) is 9.62. The minimum absolute atomic E-state index is 0.155. The number of aryl methyl sites for hydroxylation is 1. The van der Waals surface area contributed by atoms with Gasteiger partial charge in [0.25, 0.3) is 5.56 Å². The van der Waals surface area contributed by atoms with Crippen molar-refractivity contribution in [2.75, 3.05) is 0 Å². The quantitative estimate of drug-likeness (QED) is 0.765. The first-order valence-corrected chi connectivity index (χ1v) is 5.41. The van der Waals surface area contributed by atoms with Crippen LogP contribution in [0, 0.1) is 6.92 Å². The van der Waals surface area contributed by atoms with E-state index in [1.807, 2.05) is 13.0 Å². The highest BCUT2D eigenvalue weighted by molar-refractivity contribution is 6.32. The molecule has 1 heterocycles. The maximum Gasteiger partial charge on any atom is 0.252 e. The van der Waals surface area contributed by atoms with E-state index < -0.39 is 0 Å². The van der Waals surface area contributed by atoms with E-state index in [1.165, 1.54) is 0 Å². The lowest BCUT2D eigenvalue weighted by Crippen LogP contribution is -2.10. The van der Waals surface area contributed by atoms with Gasteiger partial charge in [0.2, 0.25) is 0 Å². The number of benzene rings is 1. The summed E-state index contributed by atoms with van der Waals surface area (Å²) in [5.41, 5.74) is 2.14. The van der Waals surface area contributed by atoms with Gasteiger partial charge in [-0.1, -0.05) is 11.6 Å². The fourth-order valence-electron chi connectivity index (χ4n) is 1.49. The van der Waals surface area contributed by atoms with Gasteiger partial charge in [0.05, 0.1) is 5.88 Å². The first-order chi connectivity index (χ1) is 7.11. The van der Waals surface area contributed by atoms with E-state index in [1.54, 1.807) is 12.1 Å². The number of pyridine rings is 1. The number of aromatic nitrogens is 1. The zero-order chi connectivity index (χ0) is 11.0. The van der Waals surface area contributed by atoms with Gasteiger partial charge in [-0.3, -0.25) is 4.79 Å². The number of H-pyrrole nitrogens is 1. The van der Waals surface area contributed by atoms with Crippen LogP contribution in [0.2, 0.25) is 5.02 Å². The predicted molar refractivity (Wildman–Crippen MR) is 63.9 cm³/mol. The highest BCUT2D eigenvalue weighted by atomic mass is 35.5. The molecule has 1 aromatic carbocycles. The minimum atomic E-state index is -0.155. The summed E-state index contributed by atoms with van der Waals surface area (Å²) in [4.78, 5) is 14.2. The molecule has 0 aliphatic carbocycles. The molecule has 0 atom stereocenters. The van der Waals surface area contributed by atoms with Crippen LogP contribution >= 0.6 is 23.2 Å². The van der Waals surface area contributed by atoms with E-state index in [4.69, 9.17) is 23.2 Å². The van der Waals surface area contributed by atoms with Crippen LogP contribution in [-0.4, -0.2) is 4.98 Å². The lowest BCUT2D eigenvalue weighted by atomic mass is 10.1. The van der Waals surface area contributed by atoms with E-state index in [9.17, 15) is 4.79 Å². The van der Waals surface area contributed by atoms with Crippen molar-refractivity contribution >= 4 is 34.1 Å². The summed E-state index contributed by atoms with van der Waals surface area (Å²) in [7, 11) is 0. The van der Waals surface area contributed by atoms with Crippen LogP contribution in [0.1, 0.15) is 11.1 Å². The average Bonchev–Trinajstić information content (AvgIpc) is 2.20. The summed E-state index contributed by atoms with van der Waals surface area (Å²) in [6, 6.07) is 5.49. The zero-order valence-electron chi connectivity index (χ0n) is 8.10. The van der Waals surface area contributed by atoms with Gasteiger partial charge in [-0.15, -0.1) is 11.6 Å². The largest absolute Gasteiger partial charge is 0.322 e. The molecule has 0 saturated heterocycles. The maximum absolute atomic E-state index is 11.5. The van der Waals surface area contributed by atoms with Crippen molar-refractivity contribution in [3.05, 3.63) is 44.7 Å². The summed E-state index contributed by atoms with van der Waals surface area (Å²) in [6.07, 6.45) is 0. The Morgan fingerprint density at radius 3 is 2.73 bits per heavy atom. The first-order valence-electron chi connectivity index (χ1n) is 4.50. The van der Waals surface area contributed by atoms with Gasteiger partial charge in [-0.05, 0) is 36.1 Å². The van der Waals surface area contributed by atoms with Crippen molar-refractivity contribution in [3.8, 4) is 0 Å². The van der Waals surface area contributed by atoms with Crippen LogP contribution in [0.15, 0.2) is 23.0 Å². The van der Waals surface area contributed by atoms with E-state index >= 15 is 0 Å². The number of nitrogens with one attached hydrogen (secondary N) is 1. The average molecular weight is 242 g/mol. The molecular weight excluding hydrogens is 233 g/mol. The molecule has 0 radical (unpaired) electrons. The van der Waals surface area contributed by atoms with Crippen LogP contribution in [-0.2, 0) is 5.88 Å². The summed E-state index contributed by atoms with van der Waals surface area (Å²) in [5.74, 6) is 0.215.